The summed E-state index contributed by atoms with van der Waals surface area (Å²) in [6.07, 6.45) is 34.1. The molecule has 15 heterocycles. The van der Waals surface area contributed by atoms with Crippen LogP contribution in [0.5, 0.6) is 0 Å². The lowest BCUT2D eigenvalue weighted by Crippen LogP contribution is -2.36. The van der Waals surface area contributed by atoms with E-state index in [0.29, 0.717) is 6.17 Å². The van der Waals surface area contributed by atoms with Crippen molar-refractivity contribution >= 4 is 84.7 Å². The molecule has 0 spiro atoms. The van der Waals surface area contributed by atoms with Crippen molar-refractivity contribution in [3.8, 4) is 0 Å². The molecule has 0 fully saturated rings. The van der Waals surface area contributed by atoms with E-state index < -0.39 is 0 Å². The number of rotatable bonds is 0. The lowest BCUT2D eigenvalue weighted by atomic mass is 10.2. The van der Waals surface area contributed by atoms with E-state index in [4.69, 9.17) is 0 Å². The van der Waals surface area contributed by atoms with E-state index >= 15 is 0 Å². The number of imidazole rings is 10. The van der Waals surface area contributed by atoms with Gasteiger partial charge in [0.1, 0.15) is 18.9 Å². The number of hydrogen-bond donors (Lipinski definition) is 0. The second-order valence-electron chi connectivity index (χ2n) is 22.0. The number of aromatic nitrogens is 15. The third-order valence-corrected chi connectivity index (χ3v) is 16.5. The molecule has 428 valence electrons. The second-order valence-corrected chi connectivity index (χ2v) is 22.0. The first-order valence-corrected chi connectivity index (χ1v) is 28.2. The lowest BCUT2D eigenvalue weighted by molar-refractivity contribution is -0.676. The van der Waals surface area contributed by atoms with Crippen molar-refractivity contribution in [2.24, 2.45) is 42.3 Å². The minimum Gasteiger partial charge on any atom is -0.313 e. The fraction of sp³-hybridized carbons (Fsp3) is 0.209. The van der Waals surface area contributed by atoms with Gasteiger partial charge in [-0.3, -0.25) is 22.5 Å². The Balaban J connectivity index is 0.0000000999. The molecular formula is C67H75N18+5. The molecule has 0 bridgehead atoms. The van der Waals surface area contributed by atoms with Gasteiger partial charge in [0.25, 0.3) is 29.3 Å². The van der Waals surface area contributed by atoms with Crippen LogP contribution in [-0.2, 0) is 42.3 Å². The minimum atomic E-state index is 0. The van der Waals surface area contributed by atoms with Crippen LogP contribution < -0.4 is 13.7 Å². The largest absolute Gasteiger partial charge is 0.409 e. The number of hydrogen-bond acceptors (Lipinski definition) is 3. The van der Waals surface area contributed by atoms with E-state index in [2.05, 4.69) is 318 Å². The van der Waals surface area contributed by atoms with Gasteiger partial charge in [-0.2, -0.15) is 13.2 Å². The van der Waals surface area contributed by atoms with Gasteiger partial charge in [-0.1, -0.05) is 62.0 Å². The standard InChI is InChI=1S/C12H14N3.C11H12N3.C11H13N3.C11H12N3.C11H11N3.C10H9N3.CH4/c1-9-13(2)8-12-14(3)10-6-4-5-7-11(10)15(9)12;1-12-7-11-13(2)9-5-3-4-6-10(9)14(11)8-12;1-9-11-13(8-12(9)2)7-10-5-3-4-6-14(10)11;1-9-12(2)8-11-13-6-4-3-5-10(13)7-14(9)11;1-8-7-14-10-6-4-3-5-9(10)13(2)11(14)12-8;1-8-6-12-7-9-4-2-3-5-13(9)10(12)11-8;/h4-8H,1-3H3;3-8H,1-2H3;3-8,11H,1-2H3;3-8H,1-2H3;3-7H,1-2H3;2-7H,1H3;1H4/q2*+1;+2;+1;;;. The Hall–Kier alpha value is -10.5. The van der Waals surface area contributed by atoms with Crippen molar-refractivity contribution in [1.82, 2.24) is 59.4 Å². The Morgan fingerprint density at radius 2 is 1.05 bits per heavy atom. The molecule has 0 N–H and O–H groups in total. The summed E-state index contributed by atoms with van der Waals surface area (Å²) in [5.41, 5.74) is 18.3. The maximum atomic E-state index is 4.48. The van der Waals surface area contributed by atoms with Gasteiger partial charge in [-0.05, 0) is 86.7 Å². The molecule has 18 rings (SSSR count). The highest BCUT2D eigenvalue weighted by molar-refractivity contribution is 5.87. The Morgan fingerprint density at radius 1 is 0.482 bits per heavy atom. The Kier molecular flexibility index (Phi) is 14.0. The van der Waals surface area contributed by atoms with Gasteiger partial charge in [0, 0.05) is 79.1 Å². The number of pyridine rings is 2. The Morgan fingerprint density at radius 3 is 1.76 bits per heavy atom. The Labute approximate surface area is 492 Å². The molecule has 1 atom stereocenters. The molecule has 1 unspecified atom stereocenters. The summed E-state index contributed by atoms with van der Waals surface area (Å²) < 4.78 is 32.4. The topological polar surface area (TPSA) is 92.3 Å². The highest BCUT2D eigenvalue weighted by Gasteiger charge is 2.46. The summed E-state index contributed by atoms with van der Waals surface area (Å²) in [6.45, 7) is 10.4. The van der Waals surface area contributed by atoms with Crippen LogP contribution in [0.1, 0.15) is 37.4 Å². The molecule has 3 aliphatic rings. The lowest BCUT2D eigenvalue weighted by Gasteiger charge is -2.16. The van der Waals surface area contributed by atoms with Crippen molar-refractivity contribution in [3.63, 3.8) is 0 Å². The average molecular weight is 1130 g/mol. The van der Waals surface area contributed by atoms with Gasteiger partial charge in [-0.15, -0.1) is 9.15 Å². The van der Waals surface area contributed by atoms with Crippen molar-refractivity contribution in [2.45, 2.75) is 48.2 Å². The van der Waals surface area contributed by atoms with Gasteiger partial charge in [0.15, 0.2) is 29.6 Å². The van der Waals surface area contributed by atoms with Gasteiger partial charge < -0.3 is 13.7 Å². The summed E-state index contributed by atoms with van der Waals surface area (Å²) in [5.74, 6) is 4.47. The fourth-order valence-corrected chi connectivity index (χ4v) is 12.0. The summed E-state index contributed by atoms with van der Waals surface area (Å²) in [7, 11) is 14.5. The maximum absolute atomic E-state index is 4.48. The minimum absolute atomic E-state index is 0. The van der Waals surface area contributed by atoms with Gasteiger partial charge in [-0.25, -0.2) is 23.7 Å². The first-order chi connectivity index (χ1) is 40.6. The highest BCUT2D eigenvalue weighted by Crippen LogP contribution is 2.26. The molecule has 0 saturated carbocycles. The summed E-state index contributed by atoms with van der Waals surface area (Å²) in [5, 5.41) is 0. The van der Waals surface area contributed by atoms with E-state index in [1.165, 1.54) is 84.1 Å². The number of nitrogens with zero attached hydrogens (tertiary/aromatic N) is 18. The third-order valence-electron chi connectivity index (χ3n) is 16.5. The molecule has 0 amide bonds. The predicted octanol–water partition coefficient (Wildman–Crippen LogP) is 9.52. The van der Waals surface area contributed by atoms with Crippen LogP contribution in [0.4, 0.5) is 0 Å². The number of benzene rings is 3. The zero-order valence-corrected chi connectivity index (χ0v) is 49.8. The molecule has 12 aromatic heterocycles. The predicted molar refractivity (Wildman–Crippen MR) is 338 cm³/mol. The zero-order chi connectivity index (χ0) is 58.2. The van der Waals surface area contributed by atoms with Gasteiger partial charge in [0.2, 0.25) is 29.0 Å². The van der Waals surface area contributed by atoms with Crippen molar-refractivity contribution < 1.29 is 22.9 Å². The van der Waals surface area contributed by atoms with Crippen molar-refractivity contribution in [1.29, 1.82) is 0 Å². The zero-order valence-electron chi connectivity index (χ0n) is 49.8. The molecule has 18 heteroatoms. The van der Waals surface area contributed by atoms with Crippen LogP contribution in [0.15, 0.2) is 208 Å². The van der Waals surface area contributed by atoms with E-state index in [9.17, 15) is 0 Å². The molecule has 0 saturated heterocycles. The Bertz CT molecular complexity index is 5090. The van der Waals surface area contributed by atoms with Crippen LogP contribution in [0.3, 0.4) is 0 Å². The summed E-state index contributed by atoms with van der Waals surface area (Å²) in [6, 6.07) is 37.6. The van der Waals surface area contributed by atoms with Crippen LogP contribution in [0.2, 0.25) is 0 Å². The van der Waals surface area contributed by atoms with E-state index in [0.717, 1.165) is 22.9 Å². The van der Waals surface area contributed by atoms with Crippen LogP contribution in [0, 0.1) is 27.7 Å². The SMILES string of the molecule is C.CC1=[N+](C)C=[N+]2C=C3C=CC=CN3C12.Cc1cn2c3ccccc3n(C)c2n1.Cc1cn2cc3ccccn3c2n1.Cc1n2c3ccccc3n(C)c2c[n+]1C.Cc1n2cc3ccccn3c2c[n+]1C.Cn1c2ccccc2n2c[n+](C)cc12. The third kappa shape index (κ3) is 9.44. The average Bonchev–Trinajstić information content (AvgIpc) is 2.22. The first-order valence-electron chi connectivity index (χ1n) is 28.2. The maximum Gasteiger partial charge on any atom is 0.409 e. The van der Waals surface area contributed by atoms with Crippen molar-refractivity contribution in [3.05, 3.63) is 231 Å². The normalized spacial score (nSPS) is 14.1. The monoisotopic (exact) mass is 1130 g/mol. The molecule has 18 nitrogen and oxygen atoms in total. The van der Waals surface area contributed by atoms with E-state index in [-0.39, 0.29) is 7.43 Å². The molecular weight excluding hydrogens is 1060 g/mol. The first kappa shape index (κ1) is 55.1. The number of fused-ring (bicyclic) bond motifs is 18. The molecule has 0 aliphatic carbocycles. The second kappa shape index (κ2) is 21.7. The highest BCUT2D eigenvalue weighted by atomic mass is 15.4. The number of allylic oxidation sites excluding steroid dienone is 3. The number of aryl methyl sites for hydroxylation is 10. The van der Waals surface area contributed by atoms with Gasteiger partial charge in [0.05, 0.1) is 65.6 Å². The van der Waals surface area contributed by atoms with E-state index in [1.807, 2.05) is 56.9 Å². The molecule has 85 heavy (non-hydrogen) atoms. The summed E-state index contributed by atoms with van der Waals surface area (Å²) >= 11 is 0. The van der Waals surface area contributed by atoms with Gasteiger partial charge >= 0.3 is 12.5 Å². The fourth-order valence-electron chi connectivity index (χ4n) is 12.0. The van der Waals surface area contributed by atoms with Crippen molar-refractivity contribution in [2.75, 3.05) is 7.05 Å². The summed E-state index contributed by atoms with van der Waals surface area (Å²) in [4.78, 5) is 11.2. The smallest absolute Gasteiger partial charge is 0.313 e. The van der Waals surface area contributed by atoms with Crippen LogP contribution >= 0.6 is 0 Å². The van der Waals surface area contributed by atoms with E-state index in [1.54, 1.807) is 0 Å². The molecule has 0 radical (unpaired) electrons. The van der Waals surface area contributed by atoms with Crippen LogP contribution in [0.25, 0.3) is 72.6 Å². The molecule has 15 aromatic rings. The van der Waals surface area contributed by atoms with Crippen LogP contribution in [-0.4, -0.2) is 93.8 Å². The molecule has 3 aromatic carbocycles. The number of para-hydroxylation sites is 6. The quantitative estimate of drug-likeness (QED) is 0.142. The molecule has 3 aliphatic heterocycles.